The summed E-state index contributed by atoms with van der Waals surface area (Å²) in [4.78, 5) is 22.9. The van der Waals surface area contributed by atoms with Crippen LogP contribution in [-0.4, -0.2) is 57.5 Å². The maximum absolute atomic E-state index is 13.8. The highest BCUT2D eigenvalue weighted by Gasteiger charge is 2.32. The number of carbonyl (C=O) groups excluding carboxylic acids is 1. The largest absolute Gasteiger partial charge is 0.338 e. The molecule has 2 aromatic heterocycles. The van der Waals surface area contributed by atoms with Gasteiger partial charge in [-0.3, -0.25) is 14.7 Å². The average molecular weight is 465 g/mol. The quantitative estimate of drug-likeness (QED) is 0.450. The first-order chi connectivity index (χ1) is 16.0. The predicted octanol–water partition coefficient (Wildman–Crippen LogP) is 5.37. The van der Waals surface area contributed by atoms with Crippen LogP contribution in [0.5, 0.6) is 0 Å². The third-order valence-electron chi connectivity index (χ3n) is 6.72. The van der Waals surface area contributed by atoms with Crippen molar-refractivity contribution < 1.29 is 4.79 Å². The number of halogens is 1. The Labute approximate surface area is 202 Å². The topological polar surface area (TPSA) is 41.4 Å². The minimum absolute atomic E-state index is 0.115. The van der Waals surface area contributed by atoms with Crippen molar-refractivity contribution >= 4 is 17.5 Å². The van der Waals surface area contributed by atoms with Gasteiger partial charge in [-0.05, 0) is 61.8 Å². The molecule has 1 fully saturated rings. The van der Waals surface area contributed by atoms with Gasteiger partial charge in [0.2, 0.25) is 0 Å². The molecule has 33 heavy (non-hydrogen) atoms. The number of aromatic nitrogens is 2. The number of nitrogens with zero attached hydrogens (tertiary/aromatic N) is 4. The lowest BCUT2D eigenvalue weighted by molar-refractivity contribution is 0.0778. The van der Waals surface area contributed by atoms with E-state index < -0.39 is 0 Å². The molecule has 0 radical (unpaired) electrons. The highest BCUT2D eigenvalue weighted by molar-refractivity contribution is 6.30. The van der Waals surface area contributed by atoms with Gasteiger partial charge in [-0.25, -0.2) is 0 Å². The van der Waals surface area contributed by atoms with Gasteiger partial charge in [-0.15, -0.1) is 0 Å². The van der Waals surface area contributed by atoms with Crippen LogP contribution in [-0.2, 0) is 13.0 Å². The first-order valence-electron chi connectivity index (χ1n) is 12.0. The number of likely N-dealkylation sites (N-methyl/N-ethyl adjacent to an activating group) is 1. The molecule has 0 aliphatic carbocycles. The lowest BCUT2D eigenvalue weighted by Crippen LogP contribution is -2.38. The maximum atomic E-state index is 13.8. The SMILES string of the molecule is CCc1cc(C(=O)N2CCC(N(CC)CC)C2)c(-c2ccc(Cl)cc2)n1Cc1ccccn1. The molecule has 1 saturated heterocycles. The number of hydrogen-bond donors (Lipinski definition) is 0. The molecular weight excluding hydrogens is 432 g/mol. The smallest absolute Gasteiger partial charge is 0.256 e. The normalized spacial score (nSPS) is 16.0. The summed E-state index contributed by atoms with van der Waals surface area (Å²) in [5, 5.41) is 0.687. The van der Waals surface area contributed by atoms with Gasteiger partial charge in [-0.1, -0.05) is 50.6 Å². The molecule has 1 aromatic carbocycles. The van der Waals surface area contributed by atoms with Crippen molar-refractivity contribution in [2.75, 3.05) is 26.2 Å². The summed E-state index contributed by atoms with van der Waals surface area (Å²) >= 11 is 6.18. The van der Waals surface area contributed by atoms with Gasteiger partial charge in [0.05, 0.1) is 23.5 Å². The molecule has 3 aromatic rings. The highest BCUT2D eigenvalue weighted by atomic mass is 35.5. The van der Waals surface area contributed by atoms with E-state index in [4.69, 9.17) is 11.6 Å². The fraction of sp³-hybridized carbons (Fsp3) is 0.407. The van der Waals surface area contributed by atoms with E-state index in [9.17, 15) is 4.79 Å². The lowest BCUT2D eigenvalue weighted by Gasteiger charge is -2.26. The fourth-order valence-electron chi connectivity index (χ4n) is 4.95. The van der Waals surface area contributed by atoms with Crippen molar-refractivity contribution in [1.82, 2.24) is 19.4 Å². The van der Waals surface area contributed by atoms with Crippen molar-refractivity contribution in [2.24, 2.45) is 0 Å². The molecule has 0 saturated carbocycles. The van der Waals surface area contributed by atoms with Gasteiger partial charge in [0.25, 0.3) is 5.91 Å². The first kappa shape index (κ1) is 23.5. The van der Waals surface area contributed by atoms with Crippen molar-refractivity contribution in [3.63, 3.8) is 0 Å². The molecule has 1 atom stereocenters. The zero-order valence-corrected chi connectivity index (χ0v) is 20.6. The van der Waals surface area contributed by atoms with Gasteiger partial charge in [0, 0.05) is 36.0 Å². The second-order valence-electron chi connectivity index (χ2n) is 8.58. The second kappa shape index (κ2) is 10.5. The Kier molecular flexibility index (Phi) is 7.51. The molecule has 1 amide bonds. The molecule has 4 rings (SSSR count). The molecule has 3 heterocycles. The fourth-order valence-corrected chi connectivity index (χ4v) is 5.07. The molecule has 0 spiro atoms. The number of aryl methyl sites for hydroxylation is 1. The standard InChI is InChI=1S/C27H33ClN4O/c1-4-23-17-25(27(33)31-16-14-24(19-31)30(5-2)6-3)26(20-10-12-21(28)13-11-20)32(23)18-22-9-7-8-15-29-22/h7-13,15,17,24H,4-6,14,16,18-19H2,1-3H3. The van der Waals surface area contributed by atoms with E-state index in [2.05, 4.69) is 41.3 Å². The Morgan fingerprint density at radius 2 is 1.88 bits per heavy atom. The molecule has 1 aliphatic rings. The molecule has 1 aliphatic heterocycles. The number of hydrogen-bond acceptors (Lipinski definition) is 3. The average Bonchev–Trinajstić information content (AvgIpc) is 3.46. The summed E-state index contributed by atoms with van der Waals surface area (Å²) in [7, 11) is 0. The molecule has 0 N–H and O–H groups in total. The summed E-state index contributed by atoms with van der Waals surface area (Å²) in [5.74, 6) is 0.115. The Bertz CT molecular complexity index is 1070. The van der Waals surface area contributed by atoms with Gasteiger partial charge < -0.3 is 9.47 Å². The number of amides is 1. The van der Waals surface area contributed by atoms with Gasteiger partial charge in [-0.2, -0.15) is 0 Å². The van der Waals surface area contributed by atoms with E-state index in [1.165, 1.54) is 0 Å². The molecular formula is C27H33ClN4O. The lowest BCUT2D eigenvalue weighted by atomic mass is 10.1. The molecule has 5 nitrogen and oxygen atoms in total. The van der Waals surface area contributed by atoms with Gasteiger partial charge in [0.1, 0.15) is 0 Å². The zero-order chi connectivity index (χ0) is 23.4. The van der Waals surface area contributed by atoms with Crippen LogP contribution in [0.2, 0.25) is 5.02 Å². The van der Waals surface area contributed by atoms with E-state index in [0.29, 0.717) is 17.6 Å². The van der Waals surface area contributed by atoms with Crippen LogP contribution in [0.4, 0.5) is 0 Å². The third-order valence-corrected chi connectivity index (χ3v) is 6.97. The number of carbonyl (C=O) groups is 1. The Morgan fingerprint density at radius 1 is 1.12 bits per heavy atom. The monoisotopic (exact) mass is 464 g/mol. The van der Waals surface area contributed by atoms with Crippen LogP contribution >= 0.6 is 11.6 Å². The van der Waals surface area contributed by atoms with Crippen molar-refractivity contribution in [2.45, 2.75) is 46.2 Å². The van der Waals surface area contributed by atoms with E-state index >= 15 is 0 Å². The second-order valence-corrected chi connectivity index (χ2v) is 9.02. The summed E-state index contributed by atoms with van der Waals surface area (Å²) in [6, 6.07) is 16.3. The van der Waals surface area contributed by atoms with E-state index in [0.717, 1.165) is 67.2 Å². The van der Waals surface area contributed by atoms with Crippen LogP contribution in [0.25, 0.3) is 11.3 Å². The Hall–Kier alpha value is -2.63. The minimum Gasteiger partial charge on any atom is -0.338 e. The maximum Gasteiger partial charge on any atom is 0.256 e. The van der Waals surface area contributed by atoms with E-state index in [1.54, 1.807) is 0 Å². The van der Waals surface area contributed by atoms with Crippen LogP contribution in [0.15, 0.2) is 54.7 Å². The Balaban J connectivity index is 1.74. The van der Waals surface area contributed by atoms with Crippen LogP contribution < -0.4 is 0 Å². The minimum atomic E-state index is 0.115. The number of rotatable bonds is 8. The molecule has 174 valence electrons. The Morgan fingerprint density at radius 3 is 2.52 bits per heavy atom. The van der Waals surface area contributed by atoms with Crippen LogP contribution in [0.3, 0.4) is 0 Å². The van der Waals surface area contributed by atoms with Crippen molar-refractivity contribution in [1.29, 1.82) is 0 Å². The van der Waals surface area contributed by atoms with E-state index in [1.807, 2.05) is 53.6 Å². The third kappa shape index (κ3) is 4.99. The molecule has 1 unspecified atom stereocenters. The van der Waals surface area contributed by atoms with Crippen molar-refractivity contribution in [3.05, 3.63) is 76.7 Å². The van der Waals surface area contributed by atoms with Crippen LogP contribution in [0, 0.1) is 0 Å². The highest BCUT2D eigenvalue weighted by Crippen LogP contribution is 2.32. The molecule has 0 bridgehead atoms. The zero-order valence-electron chi connectivity index (χ0n) is 19.8. The van der Waals surface area contributed by atoms with Crippen LogP contribution in [0.1, 0.15) is 48.9 Å². The van der Waals surface area contributed by atoms with Gasteiger partial charge >= 0.3 is 0 Å². The summed E-state index contributed by atoms with van der Waals surface area (Å²) in [6.07, 6.45) is 3.68. The number of benzene rings is 1. The van der Waals surface area contributed by atoms with Crippen molar-refractivity contribution in [3.8, 4) is 11.3 Å². The molecule has 6 heteroatoms. The summed E-state index contributed by atoms with van der Waals surface area (Å²) in [5.41, 5.74) is 4.82. The number of likely N-dealkylation sites (tertiary alicyclic amines) is 1. The first-order valence-corrected chi connectivity index (χ1v) is 12.3. The summed E-state index contributed by atoms with van der Waals surface area (Å²) in [6.45, 7) is 10.8. The summed E-state index contributed by atoms with van der Waals surface area (Å²) < 4.78 is 2.25. The predicted molar refractivity (Wildman–Crippen MR) is 135 cm³/mol. The van der Waals surface area contributed by atoms with Gasteiger partial charge in [0.15, 0.2) is 0 Å². The van der Waals surface area contributed by atoms with E-state index in [-0.39, 0.29) is 5.91 Å². The number of pyridine rings is 1.